The van der Waals surface area contributed by atoms with Gasteiger partial charge in [-0.2, -0.15) is 10.3 Å². The molecule has 0 unspecified atom stereocenters. The van der Waals surface area contributed by atoms with Crippen LogP contribution in [0.5, 0.6) is 0 Å². The first-order chi connectivity index (χ1) is 6.69. The Balaban J connectivity index is 3.24. The summed E-state index contributed by atoms with van der Waals surface area (Å²) >= 11 is 17.1. The van der Waals surface area contributed by atoms with Crippen LogP contribution in [0.2, 0.25) is 10.0 Å². The molecule has 0 saturated carbocycles. The molecule has 0 N–H and O–H groups in total. The predicted octanol–water partition coefficient (Wildman–Crippen LogP) is 4.30. The molecule has 0 amide bonds. The third kappa shape index (κ3) is 2.71. The molecule has 0 aliphatic rings. The molecule has 0 aliphatic carbocycles. The number of nitriles is 1. The minimum Gasteiger partial charge on any atom is -0.193 e. The van der Waals surface area contributed by atoms with Crippen molar-refractivity contribution in [2.45, 2.75) is 4.90 Å². The lowest BCUT2D eigenvalue weighted by atomic mass is 10.3. The third-order valence-electron chi connectivity index (χ3n) is 1.32. The lowest BCUT2D eigenvalue weighted by molar-refractivity contribution is 1.43. The number of thiocyanates is 1. The first kappa shape index (κ1) is 11.5. The van der Waals surface area contributed by atoms with Gasteiger partial charge in [0.1, 0.15) is 5.40 Å². The number of hydrogen-bond acceptors (Lipinski definition) is 4. The van der Waals surface area contributed by atoms with E-state index in [0.717, 1.165) is 11.8 Å². The quantitative estimate of drug-likeness (QED) is 0.344. The summed E-state index contributed by atoms with van der Waals surface area (Å²) in [6.45, 7) is 0. The standard InChI is InChI=1S/C8H2Cl2N2S2/c9-5-2-8(14-3-11)6(10)1-7(5)12-4-13/h1-2H. The highest BCUT2D eigenvalue weighted by molar-refractivity contribution is 8.03. The molecule has 1 aromatic rings. The molecular weight excluding hydrogens is 259 g/mol. The van der Waals surface area contributed by atoms with E-state index in [0.29, 0.717) is 20.6 Å². The number of thioether (sulfide) groups is 1. The molecule has 0 heterocycles. The van der Waals surface area contributed by atoms with Gasteiger partial charge in [0, 0.05) is 4.90 Å². The maximum atomic E-state index is 8.47. The van der Waals surface area contributed by atoms with Crippen LogP contribution >= 0.6 is 47.2 Å². The monoisotopic (exact) mass is 260 g/mol. The molecule has 0 aromatic heterocycles. The average Bonchev–Trinajstić information content (AvgIpc) is 2.14. The van der Waals surface area contributed by atoms with Crippen LogP contribution < -0.4 is 0 Å². The molecule has 0 saturated heterocycles. The summed E-state index contributed by atoms with van der Waals surface area (Å²) < 4.78 is 0. The van der Waals surface area contributed by atoms with E-state index >= 15 is 0 Å². The van der Waals surface area contributed by atoms with E-state index in [1.807, 2.05) is 5.40 Å². The molecular formula is C8H2Cl2N2S2. The van der Waals surface area contributed by atoms with Crippen molar-refractivity contribution < 1.29 is 0 Å². The van der Waals surface area contributed by atoms with Gasteiger partial charge in [0.15, 0.2) is 0 Å². The van der Waals surface area contributed by atoms with Crippen LogP contribution in [-0.4, -0.2) is 5.16 Å². The van der Waals surface area contributed by atoms with Crippen molar-refractivity contribution in [3.05, 3.63) is 22.2 Å². The Hall–Kier alpha value is -0.560. The molecule has 1 rings (SSSR count). The topological polar surface area (TPSA) is 36.1 Å². The lowest BCUT2D eigenvalue weighted by Gasteiger charge is -2.01. The Kier molecular flexibility index (Phi) is 4.40. The molecule has 0 aliphatic heterocycles. The summed E-state index contributed by atoms with van der Waals surface area (Å²) in [6, 6.07) is 3.12. The Bertz CT molecular complexity index is 447. The fourth-order valence-electron chi connectivity index (χ4n) is 0.780. The maximum absolute atomic E-state index is 8.47. The molecule has 0 bridgehead atoms. The number of benzene rings is 1. The Morgan fingerprint density at radius 3 is 2.64 bits per heavy atom. The van der Waals surface area contributed by atoms with Gasteiger partial charge in [-0.25, -0.2) is 0 Å². The van der Waals surface area contributed by atoms with Crippen LogP contribution in [0.4, 0.5) is 5.69 Å². The summed E-state index contributed by atoms with van der Waals surface area (Å²) in [5, 5.41) is 13.4. The molecule has 0 fully saturated rings. The number of isothiocyanates is 1. The van der Waals surface area contributed by atoms with Crippen LogP contribution in [0.25, 0.3) is 0 Å². The van der Waals surface area contributed by atoms with Crippen LogP contribution in [-0.2, 0) is 0 Å². The normalized spacial score (nSPS) is 8.93. The van der Waals surface area contributed by atoms with E-state index in [1.165, 1.54) is 0 Å². The van der Waals surface area contributed by atoms with Gasteiger partial charge < -0.3 is 0 Å². The predicted molar refractivity (Wildman–Crippen MR) is 62.6 cm³/mol. The largest absolute Gasteiger partial charge is 0.193 e. The van der Waals surface area contributed by atoms with Crippen molar-refractivity contribution in [2.75, 3.05) is 0 Å². The molecule has 1 aromatic carbocycles. The summed E-state index contributed by atoms with van der Waals surface area (Å²) in [4.78, 5) is 4.32. The van der Waals surface area contributed by atoms with Crippen molar-refractivity contribution in [2.24, 2.45) is 4.99 Å². The number of hydrogen-bond donors (Lipinski definition) is 0. The zero-order valence-corrected chi connectivity index (χ0v) is 9.77. The van der Waals surface area contributed by atoms with Gasteiger partial charge in [-0.3, -0.25) is 0 Å². The fraction of sp³-hybridized carbons (Fsp3) is 0. The summed E-state index contributed by atoms with van der Waals surface area (Å²) in [7, 11) is 0. The molecule has 14 heavy (non-hydrogen) atoms. The van der Waals surface area contributed by atoms with Gasteiger partial charge in [-0.1, -0.05) is 23.2 Å². The van der Waals surface area contributed by atoms with E-state index in [-0.39, 0.29) is 0 Å². The Morgan fingerprint density at radius 2 is 2.07 bits per heavy atom. The number of thiocarbonyl (C=S) groups is 1. The Labute approximate surface area is 101 Å². The number of nitrogens with zero attached hydrogens (tertiary/aromatic N) is 2. The van der Waals surface area contributed by atoms with Crippen LogP contribution in [0.15, 0.2) is 22.0 Å². The summed E-state index contributed by atoms with van der Waals surface area (Å²) in [6.07, 6.45) is 0. The highest BCUT2D eigenvalue weighted by Crippen LogP contribution is 2.35. The smallest absolute Gasteiger partial charge is 0.138 e. The zero-order chi connectivity index (χ0) is 10.6. The zero-order valence-electron chi connectivity index (χ0n) is 6.62. The minimum absolute atomic E-state index is 0.393. The van der Waals surface area contributed by atoms with Gasteiger partial charge in [-0.05, 0) is 36.1 Å². The molecule has 0 spiro atoms. The SMILES string of the molecule is N#CSc1cc(Cl)c(N=C=S)cc1Cl. The Morgan fingerprint density at radius 1 is 1.36 bits per heavy atom. The second kappa shape index (κ2) is 5.35. The van der Waals surface area contributed by atoms with Gasteiger partial charge in [0.25, 0.3) is 0 Å². The van der Waals surface area contributed by atoms with Crippen LogP contribution in [0, 0.1) is 10.7 Å². The third-order valence-corrected chi connectivity index (χ3v) is 2.79. The van der Waals surface area contributed by atoms with Crippen molar-refractivity contribution in [3.63, 3.8) is 0 Å². The van der Waals surface area contributed by atoms with Gasteiger partial charge in [-0.15, -0.1) is 0 Å². The van der Waals surface area contributed by atoms with E-state index in [9.17, 15) is 0 Å². The van der Waals surface area contributed by atoms with Gasteiger partial charge >= 0.3 is 0 Å². The van der Waals surface area contributed by atoms with Crippen molar-refractivity contribution >= 4 is 58.0 Å². The van der Waals surface area contributed by atoms with Crippen molar-refractivity contribution in [1.29, 1.82) is 5.26 Å². The van der Waals surface area contributed by atoms with Gasteiger partial charge in [0.2, 0.25) is 0 Å². The molecule has 2 nitrogen and oxygen atoms in total. The van der Waals surface area contributed by atoms with Gasteiger partial charge in [0.05, 0.1) is 20.9 Å². The first-order valence-corrected chi connectivity index (χ1v) is 5.30. The summed E-state index contributed by atoms with van der Waals surface area (Å²) in [5.74, 6) is 0. The fourth-order valence-corrected chi connectivity index (χ4v) is 1.85. The van der Waals surface area contributed by atoms with E-state index in [1.54, 1.807) is 12.1 Å². The van der Waals surface area contributed by atoms with Crippen LogP contribution in [0.1, 0.15) is 0 Å². The van der Waals surface area contributed by atoms with Crippen molar-refractivity contribution in [1.82, 2.24) is 0 Å². The lowest BCUT2D eigenvalue weighted by Crippen LogP contribution is -1.75. The van der Waals surface area contributed by atoms with Crippen LogP contribution in [0.3, 0.4) is 0 Å². The van der Waals surface area contributed by atoms with Crippen molar-refractivity contribution in [3.8, 4) is 5.40 Å². The molecule has 70 valence electrons. The second-order valence-corrected chi connectivity index (χ2v) is 3.95. The highest BCUT2D eigenvalue weighted by atomic mass is 35.5. The first-order valence-electron chi connectivity index (χ1n) is 3.32. The average molecular weight is 261 g/mol. The molecule has 0 radical (unpaired) electrons. The molecule has 6 heteroatoms. The number of aliphatic imine (C=N–C) groups is 1. The van der Waals surface area contributed by atoms with E-state index in [4.69, 9.17) is 28.5 Å². The number of halogens is 2. The number of rotatable bonds is 2. The van der Waals surface area contributed by atoms with E-state index in [2.05, 4.69) is 22.4 Å². The molecule has 0 atom stereocenters. The summed E-state index contributed by atoms with van der Waals surface area (Å²) in [5.41, 5.74) is 0.453. The second-order valence-electron chi connectivity index (χ2n) is 2.13. The minimum atomic E-state index is 0.393. The maximum Gasteiger partial charge on any atom is 0.138 e. The van der Waals surface area contributed by atoms with E-state index < -0.39 is 0 Å². The highest BCUT2D eigenvalue weighted by Gasteiger charge is 2.06.